The number of imide groups is 1. The molecular weight excluding hydrogens is 262 g/mol. The van der Waals surface area contributed by atoms with Crippen LogP contribution in [0, 0.1) is 0 Å². The number of hydrogen-bond donors (Lipinski definition) is 1. The number of benzene rings is 1. The van der Waals surface area contributed by atoms with Gasteiger partial charge in [0.2, 0.25) is 0 Å². The summed E-state index contributed by atoms with van der Waals surface area (Å²) >= 11 is 3.31. The van der Waals surface area contributed by atoms with Gasteiger partial charge in [-0.2, -0.15) is 0 Å². The minimum absolute atomic E-state index is 0.234. The van der Waals surface area contributed by atoms with E-state index in [1.54, 1.807) is 12.1 Å². The van der Waals surface area contributed by atoms with Gasteiger partial charge in [-0.05, 0) is 30.2 Å². The summed E-state index contributed by atoms with van der Waals surface area (Å²) in [7, 11) is 0. The Balaban J connectivity index is 2.43. The summed E-state index contributed by atoms with van der Waals surface area (Å²) in [5.74, 6) is -0.434. The molecule has 0 saturated heterocycles. The van der Waals surface area contributed by atoms with Crippen molar-refractivity contribution in [2.24, 2.45) is 0 Å². The van der Waals surface area contributed by atoms with Crippen LogP contribution in [0.15, 0.2) is 22.7 Å². The van der Waals surface area contributed by atoms with Gasteiger partial charge in [-0.1, -0.05) is 15.9 Å². The molecule has 0 aromatic heterocycles. The van der Waals surface area contributed by atoms with Crippen molar-refractivity contribution in [1.29, 1.82) is 0 Å². The van der Waals surface area contributed by atoms with Gasteiger partial charge in [-0.15, -0.1) is 0 Å². The molecule has 5 heteroatoms. The summed E-state index contributed by atoms with van der Waals surface area (Å²) in [4.78, 5) is 23.3. The van der Waals surface area contributed by atoms with Crippen molar-refractivity contribution in [1.82, 2.24) is 4.90 Å². The largest absolute Gasteiger partial charge is 0.465 e. The Morgan fingerprint density at radius 1 is 1.47 bits per heavy atom. The van der Waals surface area contributed by atoms with Crippen molar-refractivity contribution in [3.05, 3.63) is 33.8 Å². The van der Waals surface area contributed by atoms with Gasteiger partial charge in [-0.25, -0.2) is 9.69 Å². The van der Waals surface area contributed by atoms with Crippen LogP contribution in [0.5, 0.6) is 0 Å². The molecule has 0 saturated carbocycles. The highest BCUT2D eigenvalue weighted by atomic mass is 79.9. The Hall–Kier alpha value is -1.36. The van der Waals surface area contributed by atoms with Crippen LogP contribution < -0.4 is 0 Å². The second-order valence-corrected chi connectivity index (χ2v) is 4.21. The standard InChI is InChI=1S/C10H8BrNO3/c11-7-1-2-8-6(5-7)3-4-12(9(8)13)10(14)15/h1-2,5H,3-4H2,(H,14,15). The maximum absolute atomic E-state index is 11.7. The first kappa shape index (κ1) is 10.2. The molecule has 2 amide bonds. The van der Waals surface area contributed by atoms with Gasteiger partial charge in [0.1, 0.15) is 0 Å². The van der Waals surface area contributed by atoms with E-state index in [2.05, 4.69) is 15.9 Å². The molecule has 0 radical (unpaired) electrons. The summed E-state index contributed by atoms with van der Waals surface area (Å²) in [5.41, 5.74) is 1.37. The van der Waals surface area contributed by atoms with Gasteiger partial charge in [0.25, 0.3) is 5.91 Å². The Morgan fingerprint density at radius 2 is 2.20 bits per heavy atom. The van der Waals surface area contributed by atoms with E-state index in [0.29, 0.717) is 12.0 Å². The molecule has 0 spiro atoms. The highest BCUT2D eigenvalue weighted by Gasteiger charge is 2.28. The van der Waals surface area contributed by atoms with Crippen LogP contribution >= 0.6 is 15.9 Å². The third-order valence-electron chi connectivity index (χ3n) is 2.38. The maximum atomic E-state index is 11.7. The third-order valence-corrected chi connectivity index (χ3v) is 2.87. The fourth-order valence-corrected chi connectivity index (χ4v) is 2.05. The number of rotatable bonds is 0. The molecule has 1 aliphatic rings. The van der Waals surface area contributed by atoms with Crippen molar-refractivity contribution in [3.8, 4) is 0 Å². The van der Waals surface area contributed by atoms with E-state index in [1.165, 1.54) is 0 Å². The molecule has 0 fully saturated rings. The minimum atomic E-state index is -1.19. The number of amides is 2. The van der Waals surface area contributed by atoms with E-state index < -0.39 is 12.0 Å². The van der Waals surface area contributed by atoms with Gasteiger partial charge in [0.05, 0.1) is 0 Å². The quantitative estimate of drug-likeness (QED) is 0.785. The first-order valence-corrected chi connectivity index (χ1v) is 5.22. The average molecular weight is 270 g/mol. The first-order chi connectivity index (χ1) is 7.09. The van der Waals surface area contributed by atoms with Crippen LogP contribution in [-0.4, -0.2) is 28.6 Å². The second-order valence-electron chi connectivity index (χ2n) is 3.29. The molecule has 1 heterocycles. The van der Waals surface area contributed by atoms with Gasteiger partial charge in [-0.3, -0.25) is 4.79 Å². The number of fused-ring (bicyclic) bond motifs is 1. The number of nitrogens with zero attached hydrogens (tertiary/aromatic N) is 1. The lowest BCUT2D eigenvalue weighted by Crippen LogP contribution is -2.41. The van der Waals surface area contributed by atoms with Crippen molar-refractivity contribution < 1.29 is 14.7 Å². The molecule has 0 aliphatic carbocycles. The molecule has 0 unspecified atom stereocenters. The molecule has 1 aliphatic heterocycles. The van der Waals surface area contributed by atoms with Gasteiger partial charge >= 0.3 is 6.09 Å². The number of carboxylic acid groups (broad SMARTS) is 1. The lowest BCUT2D eigenvalue weighted by molar-refractivity contribution is 0.0727. The Morgan fingerprint density at radius 3 is 2.87 bits per heavy atom. The second kappa shape index (κ2) is 3.66. The van der Waals surface area contributed by atoms with Crippen LogP contribution in [0.4, 0.5) is 4.79 Å². The molecule has 78 valence electrons. The first-order valence-electron chi connectivity index (χ1n) is 4.43. The van der Waals surface area contributed by atoms with Gasteiger partial charge in [0, 0.05) is 16.6 Å². The van der Waals surface area contributed by atoms with Crippen molar-refractivity contribution in [3.63, 3.8) is 0 Å². The van der Waals surface area contributed by atoms with Crippen molar-refractivity contribution >= 4 is 27.9 Å². The average Bonchev–Trinajstić information content (AvgIpc) is 2.17. The molecule has 15 heavy (non-hydrogen) atoms. The lowest BCUT2D eigenvalue weighted by atomic mass is 9.99. The molecule has 1 aromatic rings. The highest BCUT2D eigenvalue weighted by molar-refractivity contribution is 9.10. The molecule has 4 nitrogen and oxygen atoms in total. The lowest BCUT2D eigenvalue weighted by Gasteiger charge is -2.24. The Kier molecular flexibility index (Phi) is 2.48. The summed E-state index contributed by atoms with van der Waals surface area (Å²) in [6.45, 7) is 0.234. The van der Waals surface area contributed by atoms with E-state index in [0.717, 1.165) is 14.9 Å². The van der Waals surface area contributed by atoms with Crippen LogP contribution in [0.25, 0.3) is 0 Å². The fourth-order valence-electron chi connectivity index (χ4n) is 1.64. The van der Waals surface area contributed by atoms with Crippen LogP contribution in [0.1, 0.15) is 15.9 Å². The monoisotopic (exact) mass is 269 g/mol. The predicted octanol–water partition coefficient (Wildman–Crippen LogP) is 2.13. The Bertz CT molecular complexity index is 444. The van der Waals surface area contributed by atoms with Crippen molar-refractivity contribution in [2.75, 3.05) is 6.54 Å². The van der Waals surface area contributed by atoms with Crippen LogP contribution in [-0.2, 0) is 6.42 Å². The van der Waals surface area contributed by atoms with Crippen LogP contribution in [0.2, 0.25) is 0 Å². The maximum Gasteiger partial charge on any atom is 0.414 e. The van der Waals surface area contributed by atoms with E-state index in [4.69, 9.17) is 5.11 Å². The Labute approximate surface area is 94.6 Å². The topological polar surface area (TPSA) is 57.6 Å². The molecule has 1 N–H and O–H groups in total. The summed E-state index contributed by atoms with van der Waals surface area (Å²) in [6, 6.07) is 5.24. The van der Waals surface area contributed by atoms with Gasteiger partial charge in [0.15, 0.2) is 0 Å². The minimum Gasteiger partial charge on any atom is -0.465 e. The highest BCUT2D eigenvalue weighted by Crippen LogP contribution is 2.22. The smallest absolute Gasteiger partial charge is 0.414 e. The zero-order valence-corrected chi connectivity index (χ0v) is 9.32. The fraction of sp³-hybridized carbons (Fsp3) is 0.200. The van der Waals surface area contributed by atoms with E-state index in [1.807, 2.05) is 6.07 Å². The SMILES string of the molecule is O=C(O)N1CCc2cc(Br)ccc2C1=O. The molecule has 0 atom stereocenters. The molecule has 2 rings (SSSR count). The summed E-state index contributed by atoms with van der Waals surface area (Å²) in [6.07, 6.45) is -0.610. The van der Waals surface area contributed by atoms with Crippen LogP contribution in [0.3, 0.4) is 0 Å². The van der Waals surface area contributed by atoms with Gasteiger partial charge < -0.3 is 5.11 Å². The molecule has 1 aromatic carbocycles. The molecular formula is C10H8BrNO3. The number of hydrogen-bond acceptors (Lipinski definition) is 2. The normalized spacial score (nSPS) is 15.0. The van der Waals surface area contributed by atoms with E-state index in [-0.39, 0.29) is 6.54 Å². The van der Waals surface area contributed by atoms with E-state index >= 15 is 0 Å². The third kappa shape index (κ3) is 1.74. The van der Waals surface area contributed by atoms with Crippen molar-refractivity contribution in [2.45, 2.75) is 6.42 Å². The summed E-state index contributed by atoms with van der Waals surface area (Å²) < 4.78 is 0.901. The van der Waals surface area contributed by atoms with E-state index in [9.17, 15) is 9.59 Å². The summed E-state index contributed by atoms with van der Waals surface area (Å²) in [5, 5.41) is 8.78. The number of carbonyl (C=O) groups excluding carboxylic acids is 1. The number of carbonyl (C=O) groups is 2. The zero-order chi connectivity index (χ0) is 11.0. The zero-order valence-electron chi connectivity index (χ0n) is 7.74. The molecule has 0 bridgehead atoms. The predicted molar refractivity (Wildman–Crippen MR) is 56.9 cm³/mol. The number of halogens is 1.